The SMILES string of the molecule is CC(C)N(CC1CC1)S(=O)(=O)c1cc(N)cc(F)c1F. The molecule has 2 rings (SSSR count). The quantitative estimate of drug-likeness (QED) is 0.849. The molecular formula is C13H18F2N2O2S. The maximum atomic E-state index is 13.8. The summed E-state index contributed by atoms with van der Waals surface area (Å²) in [5.41, 5.74) is 5.31. The first-order chi connectivity index (χ1) is 9.23. The smallest absolute Gasteiger partial charge is 0.246 e. The number of benzene rings is 1. The molecule has 0 saturated heterocycles. The normalized spacial score (nSPS) is 16.1. The van der Waals surface area contributed by atoms with Crippen molar-refractivity contribution in [1.29, 1.82) is 0 Å². The van der Waals surface area contributed by atoms with Crippen LogP contribution < -0.4 is 5.73 Å². The van der Waals surface area contributed by atoms with Gasteiger partial charge in [-0.15, -0.1) is 0 Å². The number of halogens is 2. The molecule has 0 bridgehead atoms. The lowest BCUT2D eigenvalue weighted by atomic mass is 10.3. The van der Waals surface area contributed by atoms with Crippen LogP contribution in [-0.4, -0.2) is 25.3 Å². The van der Waals surface area contributed by atoms with Crippen molar-refractivity contribution in [1.82, 2.24) is 4.31 Å². The van der Waals surface area contributed by atoms with Crippen LogP contribution in [0, 0.1) is 17.6 Å². The van der Waals surface area contributed by atoms with Crippen molar-refractivity contribution in [2.45, 2.75) is 37.6 Å². The number of rotatable bonds is 5. The summed E-state index contributed by atoms with van der Waals surface area (Å²) in [4.78, 5) is -0.690. The number of sulfonamides is 1. The maximum absolute atomic E-state index is 13.8. The summed E-state index contributed by atoms with van der Waals surface area (Å²) < 4.78 is 53.5. The molecule has 7 heteroatoms. The summed E-state index contributed by atoms with van der Waals surface area (Å²) in [6.45, 7) is 3.75. The second-order valence-corrected chi connectivity index (χ2v) is 7.29. The van der Waals surface area contributed by atoms with Gasteiger partial charge in [0.15, 0.2) is 11.6 Å². The highest BCUT2D eigenvalue weighted by Gasteiger charge is 2.35. The van der Waals surface area contributed by atoms with Gasteiger partial charge in [-0.25, -0.2) is 17.2 Å². The van der Waals surface area contributed by atoms with Gasteiger partial charge in [0.2, 0.25) is 10.0 Å². The fourth-order valence-corrected chi connectivity index (χ4v) is 3.86. The zero-order valence-electron chi connectivity index (χ0n) is 11.4. The van der Waals surface area contributed by atoms with E-state index in [2.05, 4.69) is 0 Å². The first-order valence-corrected chi connectivity index (χ1v) is 7.94. The highest BCUT2D eigenvalue weighted by atomic mass is 32.2. The third kappa shape index (κ3) is 2.93. The Bertz CT molecular complexity index is 613. The van der Waals surface area contributed by atoms with E-state index in [0.717, 1.165) is 25.0 Å². The summed E-state index contributed by atoms with van der Waals surface area (Å²) in [6, 6.07) is 1.41. The van der Waals surface area contributed by atoms with Crippen LogP contribution in [0.25, 0.3) is 0 Å². The van der Waals surface area contributed by atoms with Crippen LogP contribution in [0.1, 0.15) is 26.7 Å². The van der Waals surface area contributed by atoms with E-state index < -0.39 is 26.6 Å². The summed E-state index contributed by atoms with van der Waals surface area (Å²) >= 11 is 0. The van der Waals surface area contributed by atoms with Crippen molar-refractivity contribution >= 4 is 15.7 Å². The molecule has 1 aromatic rings. The Hall–Kier alpha value is -1.21. The second-order valence-electron chi connectivity index (χ2n) is 5.43. The zero-order chi connectivity index (χ0) is 15.1. The maximum Gasteiger partial charge on any atom is 0.246 e. The minimum absolute atomic E-state index is 0.113. The van der Waals surface area contributed by atoms with E-state index in [1.54, 1.807) is 13.8 Å². The van der Waals surface area contributed by atoms with Gasteiger partial charge in [-0.05, 0) is 44.7 Å². The van der Waals surface area contributed by atoms with E-state index in [1.165, 1.54) is 4.31 Å². The molecular weight excluding hydrogens is 286 g/mol. The molecule has 112 valence electrons. The van der Waals surface area contributed by atoms with E-state index in [0.29, 0.717) is 12.5 Å². The molecule has 4 nitrogen and oxygen atoms in total. The molecule has 20 heavy (non-hydrogen) atoms. The van der Waals surface area contributed by atoms with Crippen molar-refractivity contribution in [2.24, 2.45) is 5.92 Å². The van der Waals surface area contributed by atoms with Crippen LogP contribution >= 0.6 is 0 Å². The fraction of sp³-hybridized carbons (Fsp3) is 0.538. The molecule has 1 aliphatic rings. The van der Waals surface area contributed by atoms with Crippen molar-refractivity contribution in [2.75, 3.05) is 12.3 Å². The molecule has 1 aliphatic carbocycles. The Balaban J connectivity index is 2.46. The van der Waals surface area contributed by atoms with Crippen LogP contribution in [0.5, 0.6) is 0 Å². The average molecular weight is 304 g/mol. The predicted octanol–water partition coefficient (Wildman–Crippen LogP) is 2.36. The largest absolute Gasteiger partial charge is 0.399 e. The van der Waals surface area contributed by atoms with Crippen molar-refractivity contribution < 1.29 is 17.2 Å². The van der Waals surface area contributed by atoms with Crippen LogP contribution in [-0.2, 0) is 10.0 Å². The van der Waals surface area contributed by atoms with Crippen LogP contribution in [0.3, 0.4) is 0 Å². The van der Waals surface area contributed by atoms with Gasteiger partial charge in [0.25, 0.3) is 0 Å². The summed E-state index contributed by atoms with van der Waals surface area (Å²) in [6.07, 6.45) is 1.93. The zero-order valence-corrected chi connectivity index (χ0v) is 12.3. The number of hydrogen-bond acceptors (Lipinski definition) is 3. The number of nitrogens with zero attached hydrogens (tertiary/aromatic N) is 1. The van der Waals surface area contributed by atoms with Crippen molar-refractivity contribution in [3.63, 3.8) is 0 Å². The summed E-state index contributed by atoms with van der Waals surface area (Å²) in [7, 11) is -4.09. The van der Waals surface area contributed by atoms with Gasteiger partial charge in [0.05, 0.1) is 0 Å². The Morgan fingerprint density at radius 3 is 2.45 bits per heavy atom. The topological polar surface area (TPSA) is 63.4 Å². The van der Waals surface area contributed by atoms with Gasteiger partial charge in [-0.3, -0.25) is 0 Å². The van der Waals surface area contributed by atoms with Gasteiger partial charge in [-0.1, -0.05) is 0 Å². The van der Waals surface area contributed by atoms with Crippen LogP contribution in [0.4, 0.5) is 14.5 Å². The minimum atomic E-state index is -4.09. The second kappa shape index (κ2) is 5.29. The minimum Gasteiger partial charge on any atom is -0.399 e. The lowest BCUT2D eigenvalue weighted by Gasteiger charge is -2.26. The first kappa shape index (κ1) is 15.2. The van der Waals surface area contributed by atoms with E-state index in [9.17, 15) is 17.2 Å². The summed E-state index contributed by atoms with van der Waals surface area (Å²) in [5, 5.41) is 0. The monoisotopic (exact) mass is 304 g/mol. The lowest BCUT2D eigenvalue weighted by Crippen LogP contribution is -2.39. The molecule has 1 aromatic carbocycles. The molecule has 0 unspecified atom stereocenters. The van der Waals surface area contributed by atoms with Gasteiger partial charge < -0.3 is 5.73 Å². The standard InChI is InChI=1S/C13H18F2N2O2S/c1-8(2)17(7-9-3-4-9)20(18,19)12-6-10(16)5-11(14)13(12)15/h5-6,8-9H,3-4,7,16H2,1-2H3. The molecule has 1 fully saturated rings. The van der Waals surface area contributed by atoms with E-state index >= 15 is 0 Å². The molecule has 0 spiro atoms. The fourth-order valence-electron chi connectivity index (χ4n) is 2.04. The third-order valence-electron chi connectivity index (χ3n) is 3.31. The highest BCUT2D eigenvalue weighted by molar-refractivity contribution is 7.89. The molecule has 1 saturated carbocycles. The van der Waals surface area contributed by atoms with E-state index in [-0.39, 0.29) is 11.7 Å². The number of anilines is 1. The molecule has 0 aromatic heterocycles. The molecule has 0 heterocycles. The van der Waals surface area contributed by atoms with Crippen LogP contribution in [0.2, 0.25) is 0 Å². The van der Waals surface area contributed by atoms with E-state index in [4.69, 9.17) is 5.73 Å². The molecule has 2 N–H and O–H groups in total. The Kier molecular flexibility index (Phi) is 4.02. The number of hydrogen-bond donors (Lipinski definition) is 1. The highest BCUT2D eigenvalue weighted by Crippen LogP contribution is 2.33. The summed E-state index contributed by atoms with van der Waals surface area (Å²) in [5.74, 6) is -2.32. The first-order valence-electron chi connectivity index (χ1n) is 6.50. The molecule has 0 radical (unpaired) electrons. The third-order valence-corrected chi connectivity index (χ3v) is 5.36. The lowest BCUT2D eigenvalue weighted by molar-refractivity contribution is 0.339. The predicted molar refractivity (Wildman–Crippen MR) is 72.5 cm³/mol. The molecule has 0 aliphatic heterocycles. The van der Waals surface area contributed by atoms with Crippen LogP contribution in [0.15, 0.2) is 17.0 Å². The van der Waals surface area contributed by atoms with Gasteiger partial charge in [0.1, 0.15) is 4.90 Å². The number of nitrogens with two attached hydrogens (primary N) is 1. The average Bonchev–Trinajstić information content (AvgIpc) is 3.13. The van der Waals surface area contributed by atoms with Gasteiger partial charge >= 0.3 is 0 Å². The van der Waals surface area contributed by atoms with Crippen molar-refractivity contribution in [3.8, 4) is 0 Å². The molecule has 0 amide bonds. The van der Waals surface area contributed by atoms with Gasteiger partial charge in [0, 0.05) is 18.3 Å². The van der Waals surface area contributed by atoms with Crippen molar-refractivity contribution in [3.05, 3.63) is 23.8 Å². The Labute approximate surface area is 117 Å². The number of nitrogen functional groups attached to an aromatic ring is 1. The Morgan fingerprint density at radius 2 is 1.95 bits per heavy atom. The van der Waals surface area contributed by atoms with Gasteiger partial charge in [-0.2, -0.15) is 4.31 Å². The van der Waals surface area contributed by atoms with E-state index in [1.807, 2.05) is 0 Å². The Morgan fingerprint density at radius 1 is 1.35 bits per heavy atom. The molecule has 0 atom stereocenters.